The number of nitrogens with two attached hydrogens (primary N) is 1. The molecule has 0 fully saturated rings. The van der Waals surface area contributed by atoms with Gasteiger partial charge in [0.25, 0.3) is 0 Å². The first-order chi connectivity index (χ1) is 6.33. The third-order valence-electron chi connectivity index (χ3n) is 1.97. The second kappa shape index (κ2) is 3.12. The van der Waals surface area contributed by atoms with Crippen LogP contribution in [0.3, 0.4) is 0 Å². The number of rotatable bonds is 2. The van der Waals surface area contributed by atoms with E-state index in [0.717, 1.165) is 11.1 Å². The monoisotopic (exact) mass is 178 g/mol. The molecule has 5 heteroatoms. The van der Waals surface area contributed by atoms with Crippen molar-refractivity contribution in [2.24, 2.45) is 5.73 Å². The van der Waals surface area contributed by atoms with Crippen molar-refractivity contribution in [1.29, 1.82) is 0 Å². The largest absolute Gasteiger partial charge is 0.394 e. The standard InChI is InChI=1S/C8H10N4O/c9-7(5-13)6-2-1-3-12-8(6)4-10-11-12/h1-4,7,13H,5,9H2. The predicted octanol–water partition coefficient (Wildman–Crippen LogP) is -0.279. The summed E-state index contributed by atoms with van der Waals surface area (Å²) in [5.74, 6) is 0. The molecule has 2 heterocycles. The lowest BCUT2D eigenvalue weighted by molar-refractivity contribution is 0.268. The van der Waals surface area contributed by atoms with Gasteiger partial charge in [0.1, 0.15) is 0 Å². The van der Waals surface area contributed by atoms with Crippen molar-refractivity contribution < 1.29 is 5.11 Å². The maximum absolute atomic E-state index is 8.91. The Hall–Kier alpha value is -1.46. The Labute approximate surface area is 74.8 Å². The first-order valence-corrected chi connectivity index (χ1v) is 3.98. The molecule has 1 atom stereocenters. The fourth-order valence-corrected chi connectivity index (χ4v) is 1.29. The van der Waals surface area contributed by atoms with Gasteiger partial charge in [0.05, 0.1) is 24.4 Å². The molecule has 2 aromatic heterocycles. The lowest BCUT2D eigenvalue weighted by Gasteiger charge is -2.08. The predicted molar refractivity (Wildman–Crippen MR) is 47.0 cm³/mol. The van der Waals surface area contributed by atoms with Crippen LogP contribution in [0.5, 0.6) is 0 Å². The van der Waals surface area contributed by atoms with E-state index in [9.17, 15) is 0 Å². The topological polar surface area (TPSA) is 76.4 Å². The maximum Gasteiger partial charge on any atom is 0.0913 e. The quantitative estimate of drug-likeness (QED) is 0.663. The van der Waals surface area contributed by atoms with Gasteiger partial charge in [-0.2, -0.15) is 0 Å². The molecule has 13 heavy (non-hydrogen) atoms. The van der Waals surface area contributed by atoms with Crippen LogP contribution >= 0.6 is 0 Å². The molecule has 5 nitrogen and oxygen atoms in total. The number of fused-ring (bicyclic) bond motifs is 1. The minimum Gasteiger partial charge on any atom is -0.394 e. The average Bonchev–Trinajstić information content (AvgIpc) is 2.63. The Morgan fingerprint density at radius 2 is 2.46 bits per heavy atom. The zero-order valence-corrected chi connectivity index (χ0v) is 6.96. The van der Waals surface area contributed by atoms with E-state index in [1.807, 2.05) is 12.1 Å². The van der Waals surface area contributed by atoms with E-state index in [-0.39, 0.29) is 12.6 Å². The fourth-order valence-electron chi connectivity index (χ4n) is 1.29. The lowest BCUT2D eigenvalue weighted by atomic mass is 10.1. The first-order valence-electron chi connectivity index (χ1n) is 3.98. The molecule has 0 spiro atoms. The summed E-state index contributed by atoms with van der Waals surface area (Å²) >= 11 is 0. The van der Waals surface area contributed by atoms with Crippen LogP contribution in [0.15, 0.2) is 24.5 Å². The van der Waals surface area contributed by atoms with Crippen LogP contribution < -0.4 is 5.73 Å². The summed E-state index contributed by atoms with van der Waals surface area (Å²) in [7, 11) is 0. The Kier molecular flexibility index (Phi) is 1.96. The molecule has 0 saturated heterocycles. The molecule has 1 unspecified atom stereocenters. The molecule has 0 saturated carbocycles. The second-order valence-electron chi connectivity index (χ2n) is 2.82. The van der Waals surface area contributed by atoms with Gasteiger partial charge in [-0.05, 0) is 11.6 Å². The SMILES string of the molecule is NC(CO)c1cccn2nncc12. The third-order valence-corrected chi connectivity index (χ3v) is 1.97. The highest BCUT2D eigenvalue weighted by atomic mass is 16.3. The number of pyridine rings is 1. The highest BCUT2D eigenvalue weighted by Crippen LogP contribution is 2.15. The van der Waals surface area contributed by atoms with Crippen molar-refractivity contribution in [2.45, 2.75) is 6.04 Å². The molecule has 0 radical (unpaired) electrons. The first kappa shape index (κ1) is 8.15. The van der Waals surface area contributed by atoms with E-state index in [4.69, 9.17) is 10.8 Å². The highest BCUT2D eigenvalue weighted by Gasteiger charge is 2.09. The summed E-state index contributed by atoms with van der Waals surface area (Å²) in [5, 5.41) is 16.5. The summed E-state index contributed by atoms with van der Waals surface area (Å²) in [5.41, 5.74) is 7.39. The number of aliphatic hydroxyl groups excluding tert-OH is 1. The van der Waals surface area contributed by atoms with Crippen molar-refractivity contribution in [3.63, 3.8) is 0 Å². The van der Waals surface area contributed by atoms with Crippen LogP contribution in [0.2, 0.25) is 0 Å². The highest BCUT2D eigenvalue weighted by molar-refractivity contribution is 5.53. The van der Waals surface area contributed by atoms with Gasteiger partial charge in [0.15, 0.2) is 0 Å². The van der Waals surface area contributed by atoms with Crippen LogP contribution in [0, 0.1) is 0 Å². The Bertz CT molecular complexity index is 411. The van der Waals surface area contributed by atoms with Gasteiger partial charge in [-0.15, -0.1) is 5.10 Å². The molecule has 0 aromatic carbocycles. The summed E-state index contributed by atoms with van der Waals surface area (Å²) in [4.78, 5) is 0. The average molecular weight is 178 g/mol. The molecule has 2 aromatic rings. The van der Waals surface area contributed by atoms with Crippen molar-refractivity contribution in [3.8, 4) is 0 Å². The Morgan fingerprint density at radius 1 is 1.62 bits per heavy atom. The van der Waals surface area contributed by atoms with Crippen molar-refractivity contribution >= 4 is 5.52 Å². The normalized spacial score (nSPS) is 13.4. The van der Waals surface area contributed by atoms with Crippen molar-refractivity contribution in [2.75, 3.05) is 6.61 Å². The fraction of sp³-hybridized carbons (Fsp3) is 0.250. The van der Waals surface area contributed by atoms with Gasteiger partial charge < -0.3 is 10.8 Å². The molecule has 0 aliphatic rings. The third kappa shape index (κ3) is 1.28. The van der Waals surface area contributed by atoms with Crippen molar-refractivity contribution in [1.82, 2.24) is 14.8 Å². The minimum atomic E-state index is -0.373. The van der Waals surface area contributed by atoms with Crippen LogP contribution in [0.4, 0.5) is 0 Å². The van der Waals surface area contributed by atoms with Gasteiger partial charge in [-0.1, -0.05) is 11.3 Å². The lowest BCUT2D eigenvalue weighted by Crippen LogP contribution is -2.15. The maximum atomic E-state index is 8.91. The van der Waals surface area contributed by atoms with E-state index < -0.39 is 0 Å². The molecule has 0 aliphatic heterocycles. The van der Waals surface area contributed by atoms with E-state index in [1.165, 1.54) is 0 Å². The van der Waals surface area contributed by atoms with E-state index in [0.29, 0.717) is 0 Å². The number of hydrogen-bond donors (Lipinski definition) is 2. The Morgan fingerprint density at radius 3 is 3.23 bits per heavy atom. The molecular formula is C8H10N4O. The van der Waals surface area contributed by atoms with Crippen LogP contribution in [0.1, 0.15) is 11.6 Å². The summed E-state index contributed by atoms with van der Waals surface area (Å²) in [6, 6.07) is 3.31. The van der Waals surface area contributed by atoms with Gasteiger partial charge in [-0.3, -0.25) is 0 Å². The second-order valence-corrected chi connectivity index (χ2v) is 2.82. The smallest absolute Gasteiger partial charge is 0.0913 e. The molecule has 3 N–H and O–H groups in total. The van der Waals surface area contributed by atoms with E-state index in [2.05, 4.69) is 10.3 Å². The Balaban J connectivity index is 2.60. The molecule has 0 bridgehead atoms. The van der Waals surface area contributed by atoms with Crippen LogP contribution in [0.25, 0.3) is 5.52 Å². The summed E-state index contributed by atoms with van der Waals surface area (Å²) in [6.45, 7) is -0.0785. The number of nitrogens with zero attached hydrogens (tertiary/aromatic N) is 3. The van der Waals surface area contributed by atoms with Crippen molar-refractivity contribution in [3.05, 3.63) is 30.1 Å². The van der Waals surface area contributed by atoms with Gasteiger partial charge >= 0.3 is 0 Å². The zero-order chi connectivity index (χ0) is 9.26. The molecular weight excluding hydrogens is 168 g/mol. The van der Waals surface area contributed by atoms with Gasteiger partial charge in [0, 0.05) is 6.20 Å². The molecule has 0 aliphatic carbocycles. The van der Waals surface area contributed by atoms with E-state index >= 15 is 0 Å². The molecule has 68 valence electrons. The van der Waals surface area contributed by atoms with Crippen LogP contribution in [-0.2, 0) is 0 Å². The molecule has 0 amide bonds. The van der Waals surface area contributed by atoms with Gasteiger partial charge in [0.2, 0.25) is 0 Å². The zero-order valence-electron chi connectivity index (χ0n) is 6.96. The number of hydrogen-bond acceptors (Lipinski definition) is 4. The van der Waals surface area contributed by atoms with Gasteiger partial charge in [-0.25, -0.2) is 4.52 Å². The van der Waals surface area contributed by atoms with E-state index in [1.54, 1.807) is 16.9 Å². The number of aromatic nitrogens is 3. The number of aliphatic hydroxyl groups is 1. The van der Waals surface area contributed by atoms with Crippen LogP contribution in [-0.4, -0.2) is 26.5 Å². The molecule has 2 rings (SSSR count). The minimum absolute atomic E-state index is 0.0785. The summed E-state index contributed by atoms with van der Waals surface area (Å²) in [6.07, 6.45) is 3.42. The summed E-state index contributed by atoms with van der Waals surface area (Å²) < 4.78 is 1.63.